The molecule has 0 saturated heterocycles. The van der Waals surface area contributed by atoms with Gasteiger partial charge in [0.2, 0.25) is 0 Å². The molecule has 2 saturated carbocycles. The second-order valence-electron chi connectivity index (χ2n) is 9.71. The summed E-state index contributed by atoms with van der Waals surface area (Å²) in [5, 5.41) is 8.87. The third-order valence-electron chi connectivity index (χ3n) is 8.00. The quantitative estimate of drug-likeness (QED) is 0.423. The Kier molecular flexibility index (Phi) is 8.10. The van der Waals surface area contributed by atoms with E-state index in [1.807, 2.05) is 0 Å². The summed E-state index contributed by atoms with van der Waals surface area (Å²) in [6, 6.07) is 4.36. The molecule has 0 aromatic heterocycles. The van der Waals surface area contributed by atoms with Crippen molar-refractivity contribution in [3.8, 4) is 6.07 Å². The minimum Gasteiger partial charge on any atom is -0.205 e. The van der Waals surface area contributed by atoms with E-state index in [1.165, 1.54) is 76.3 Å². The molecule has 1 aromatic rings. The van der Waals surface area contributed by atoms with Crippen LogP contribution in [-0.2, 0) is 0 Å². The number of nitrogens with zero attached hydrogens (tertiary/aromatic N) is 1. The van der Waals surface area contributed by atoms with Crippen LogP contribution < -0.4 is 0 Å². The van der Waals surface area contributed by atoms with E-state index < -0.39 is 17.2 Å². The lowest BCUT2D eigenvalue weighted by Crippen LogP contribution is -2.27. The number of rotatable bonds is 7. The smallest absolute Gasteiger partial charge is 0.144 e. The Morgan fingerprint density at radius 2 is 1.48 bits per heavy atom. The molecule has 0 aliphatic heterocycles. The number of nitriles is 1. The fourth-order valence-electron chi connectivity index (χ4n) is 5.98. The van der Waals surface area contributed by atoms with Crippen molar-refractivity contribution in [1.29, 1.82) is 5.26 Å². The molecule has 1 nitrogen and oxygen atoms in total. The predicted octanol–water partition coefficient (Wildman–Crippen LogP) is 8.13. The highest BCUT2D eigenvalue weighted by atomic mass is 19.1. The lowest BCUT2D eigenvalue weighted by Gasteiger charge is -2.39. The van der Waals surface area contributed by atoms with Gasteiger partial charge in [-0.2, -0.15) is 5.26 Å². The first-order valence-electron chi connectivity index (χ1n) is 11.9. The summed E-state index contributed by atoms with van der Waals surface area (Å²) in [5.41, 5.74) is 0.241. The molecule has 1 unspecified atom stereocenters. The van der Waals surface area contributed by atoms with Crippen molar-refractivity contribution in [2.24, 2.45) is 23.7 Å². The normalized spacial score (nSPS) is 28.7. The van der Waals surface area contributed by atoms with Crippen molar-refractivity contribution < 1.29 is 8.78 Å². The summed E-state index contributed by atoms with van der Waals surface area (Å²) in [6.45, 7) is 4.37. The van der Waals surface area contributed by atoms with Gasteiger partial charge in [-0.3, -0.25) is 0 Å². The monoisotopic (exact) mass is 401 g/mol. The summed E-state index contributed by atoms with van der Waals surface area (Å²) in [4.78, 5) is 0. The standard InChI is InChI=1S/C26H37F2N/c1-3-4-5-6-19-7-9-21(10-8-19)22-13-11-20(12-14-22)18(2)23-15-25(27)24(17-29)26(28)16-23/h15-16,18-22H,3-14H2,1-2H3. The van der Waals surface area contributed by atoms with Crippen LogP contribution in [0.3, 0.4) is 0 Å². The number of hydrogen-bond donors (Lipinski definition) is 0. The van der Waals surface area contributed by atoms with Gasteiger partial charge in [0.15, 0.2) is 0 Å². The highest BCUT2D eigenvalue weighted by Gasteiger charge is 2.33. The molecule has 3 rings (SSSR count). The Hall–Kier alpha value is -1.43. The highest BCUT2D eigenvalue weighted by Crippen LogP contribution is 2.45. The number of unbranched alkanes of at least 4 members (excludes halogenated alkanes) is 2. The van der Waals surface area contributed by atoms with Crippen molar-refractivity contribution in [2.75, 3.05) is 0 Å². The van der Waals surface area contributed by atoms with E-state index in [2.05, 4.69) is 13.8 Å². The topological polar surface area (TPSA) is 23.8 Å². The Labute approximate surface area is 175 Å². The van der Waals surface area contributed by atoms with Crippen LogP contribution in [0, 0.1) is 46.6 Å². The van der Waals surface area contributed by atoms with E-state index in [-0.39, 0.29) is 5.92 Å². The van der Waals surface area contributed by atoms with Crippen LogP contribution in [0.5, 0.6) is 0 Å². The SMILES string of the molecule is CCCCCC1CCC(C2CCC(C(C)c3cc(F)c(C#N)c(F)c3)CC2)CC1. The van der Waals surface area contributed by atoms with E-state index in [0.29, 0.717) is 11.5 Å². The molecule has 0 radical (unpaired) electrons. The summed E-state index contributed by atoms with van der Waals surface area (Å²) < 4.78 is 28.0. The molecule has 1 aromatic carbocycles. The van der Waals surface area contributed by atoms with Crippen LogP contribution in [0.4, 0.5) is 8.78 Å². The minimum absolute atomic E-state index is 0.141. The Morgan fingerprint density at radius 3 is 2.00 bits per heavy atom. The van der Waals surface area contributed by atoms with Gasteiger partial charge in [-0.15, -0.1) is 0 Å². The van der Waals surface area contributed by atoms with Gasteiger partial charge in [0.25, 0.3) is 0 Å². The third kappa shape index (κ3) is 5.59. The molecule has 0 amide bonds. The van der Waals surface area contributed by atoms with Crippen molar-refractivity contribution >= 4 is 0 Å². The van der Waals surface area contributed by atoms with Gasteiger partial charge in [0.1, 0.15) is 23.3 Å². The van der Waals surface area contributed by atoms with Crippen LogP contribution in [0.15, 0.2) is 12.1 Å². The first kappa shape index (κ1) is 22.3. The molecule has 2 fully saturated rings. The number of hydrogen-bond acceptors (Lipinski definition) is 1. The highest BCUT2D eigenvalue weighted by molar-refractivity contribution is 5.36. The zero-order chi connectivity index (χ0) is 20.8. The van der Waals surface area contributed by atoms with Crippen LogP contribution in [-0.4, -0.2) is 0 Å². The molecule has 0 N–H and O–H groups in total. The van der Waals surface area contributed by atoms with E-state index in [4.69, 9.17) is 5.26 Å². The van der Waals surface area contributed by atoms with Gasteiger partial charge >= 0.3 is 0 Å². The van der Waals surface area contributed by atoms with Gasteiger partial charge in [-0.05, 0) is 85.8 Å². The third-order valence-corrected chi connectivity index (χ3v) is 8.00. The van der Waals surface area contributed by atoms with E-state index in [9.17, 15) is 8.78 Å². The van der Waals surface area contributed by atoms with Crippen LogP contribution in [0.1, 0.15) is 108 Å². The molecular formula is C26H37F2N. The lowest BCUT2D eigenvalue weighted by atomic mass is 9.66. The first-order valence-corrected chi connectivity index (χ1v) is 11.9. The second kappa shape index (κ2) is 10.6. The Bertz CT molecular complexity index is 668. The number of halogens is 2. The van der Waals surface area contributed by atoms with Gasteiger partial charge in [0, 0.05) is 0 Å². The lowest BCUT2D eigenvalue weighted by molar-refractivity contribution is 0.136. The predicted molar refractivity (Wildman–Crippen MR) is 115 cm³/mol. The van der Waals surface area contributed by atoms with E-state index >= 15 is 0 Å². The molecule has 1 atom stereocenters. The molecule has 2 aliphatic rings. The van der Waals surface area contributed by atoms with Crippen molar-refractivity contribution in [3.63, 3.8) is 0 Å². The Balaban J connectivity index is 1.48. The maximum absolute atomic E-state index is 14.0. The summed E-state index contributed by atoms with van der Waals surface area (Å²) in [7, 11) is 0. The molecular weight excluding hydrogens is 364 g/mol. The summed E-state index contributed by atoms with van der Waals surface area (Å²) in [5.74, 6) is 1.90. The number of benzene rings is 1. The van der Waals surface area contributed by atoms with E-state index in [0.717, 1.165) is 30.6 Å². The average molecular weight is 402 g/mol. The maximum atomic E-state index is 14.0. The molecule has 3 heteroatoms. The van der Waals surface area contributed by atoms with Gasteiger partial charge < -0.3 is 0 Å². The second-order valence-corrected chi connectivity index (χ2v) is 9.71. The zero-order valence-corrected chi connectivity index (χ0v) is 18.2. The molecule has 0 spiro atoms. The molecule has 2 aliphatic carbocycles. The fraction of sp³-hybridized carbons (Fsp3) is 0.731. The molecule has 0 bridgehead atoms. The molecule has 0 heterocycles. The van der Waals surface area contributed by atoms with E-state index in [1.54, 1.807) is 6.07 Å². The molecule has 160 valence electrons. The largest absolute Gasteiger partial charge is 0.205 e. The van der Waals surface area contributed by atoms with Gasteiger partial charge in [0.05, 0.1) is 0 Å². The van der Waals surface area contributed by atoms with Crippen LogP contribution in [0.2, 0.25) is 0 Å². The average Bonchev–Trinajstić information content (AvgIpc) is 2.74. The maximum Gasteiger partial charge on any atom is 0.144 e. The zero-order valence-electron chi connectivity index (χ0n) is 18.2. The molecule has 29 heavy (non-hydrogen) atoms. The minimum atomic E-state index is -0.723. The first-order chi connectivity index (χ1) is 14.0. The van der Waals surface area contributed by atoms with Crippen molar-refractivity contribution in [2.45, 2.75) is 96.8 Å². The van der Waals surface area contributed by atoms with Crippen molar-refractivity contribution in [3.05, 3.63) is 34.9 Å². The fourth-order valence-corrected chi connectivity index (χ4v) is 5.98. The van der Waals surface area contributed by atoms with Gasteiger partial charge in [-0.1, -0.05) is 52.4 Å². The van der Waals surface area contributed by atoms with Gasteiger partial charge in [-0.25, -0.2) is 8.78 Å². The van der Waals surface area contributed by atoms with Crippen molar-refractivity contribution in [1.82, 2.24) is 0 Å². The van der Waals surface area contributed by atoms with Crippen LogP contribution in [0.25, 0.3) is 0 Å². The summed E-state index contributed by atoms with van der Waals surface area (Å²) >= 11 is 0. The summed E-state index contributed by atoms with van der Waals surface area (Å²) in [6.07, 6.45) is 16.1. The van der Waals surface area contributed by atoms with Crippen LogP contribution >= 0.6 is 0 Å². The Morgan fingerprint density at radius 1 is 0.931 bits per heavy atom.